The largest absolute Gasteiger partial charge is 0.378 e. The zero-order chi connectivity index (χ0) is 21.7. The lowest BCUT2D eigenvalue weighted by Crippen LogP contribution is -2.36. The van der Waals surface area contributed by atoms with Crippen molar-refractivity contribution in [2.75, 3.05) is 49.7 Å². The number of hydrogen-bond acceptors (Lipinski definition) is 7. The molecular formula is C21H26N4O5S. The van der Waals surface area contributed by atoms with E-state index in [0.717, 1.165) is 31.7 Å². The molecule has 2 N–H and O–H groups in total. The number of benzene rings is 1. The molecule has 0 spiro atoms. The second kappa shape index (κ2) is 9.73. The van der Waals surface area contributed by atoms with Crippen molar-refractivity contribution < 1.29 is 22.7 Å². The van der Waals surface area contributed by atoms with Gasteiger partial charge in [0.15, 0.2) is 0 Å². The Labute approximate surface area is 181 Å². The predicted octanol–water partition coefficient (Wildman–Crippen LogP) is 1.63. The Kier molecular flexibility index (Phi) is 6.81. The van der Waals surface area contributed by atoms with E-state index in [9.17, 15) is 13.2 Å². The summed E-state index contributed by atoms with van der Waals surface area (Å²) in [6.07, 6.45) is 3.26. The zero-order valence-corrected chi connectivity index (χ0v) is 17.9. The van der Waals surface area contributed by atoms with Crippen LogP contribution in [-0.2, 0) is 19.5 Å². The van der Waals surface area contributed by atoms with E-state index in [1.165, 1.54) is 12.1 Å². The maximum atomic E-state index is 12.6. The normalized spacial score (nSPS) is 19.4. The van der Waals surface area contributed by atoms with Gasteiger partial charge in [-0.15, -0.1) is 0 Å². The highest BCUT2D eigenvalue weighted by Crippen LogP contribution is 2.18. The first kappa shape index (κ1) is 21.7. The Balaban J connectivity index is 1.39. The first-order valence-corrected chi connectivity index (χ1v) is 11.8. The molecule has 0 aliphatic carbocycles. The number of hydrogen-bond donors (Lipinski definition) is 2. The average Bonchev–Trinajstić information content (AvgIpc) is 3.33. The molecule has 3 heterocycles. The number of morpholine rings is 1. The van der Waals surface area contributed by atoms with Crippen molar-refractivity contribution in [3.05, 3.63) is 48.2 Å². The van der Waals surface area contributed by atoms with Crippen molar-refractivity contribution in [3.63, 3.8) is 0 Å². The minimum absolute atomic E-state index is 0.0407. The van der Waals surface area contributed by atoms with Gasteiger partial charge in [-0.2, -0.15) is 0 Å². The fraction of sp³-hybridized carbons (Fsp3) is 0.429. The summed E-state index contributed by atoms with van der Waals surface area (Å²) in [5.41, 5.74) is 0.782. The molecule has 2 aliphatic rings. The average molecular weight is 447 g/mol. The molecule has 1 aromatic heterocycles. The molecule has 2 aromatic rings. The molecule has 2 fully saturated rings. The zero-order valence-electron chi connectivity index (χ0n) is 17.1. The van der Waals surface area contributed by atoms with Gasteiger partial charge in [-0.3, -0.25) is 4.79 Å². The van der Waals surface area contributed by atoms with E-state index in [1.54, 1.807) is 24.4 Å². The number of aromatic nitrogens is 1. The number of carbonyl (C=O) groups excluding carboxylic acids is 1. The summed E-state index contributed by atoms with van der Waals surface area (Å²) in [7, 11) is -3.73. The monoisotopic (exact) mass is 446 g/mol. The second-order valence-electron chi connectivity index (χ2n) is 7.47. The van der Waals surface area contributed by atoms with Crippen LogP contribution in [0.4, 0.5) is 11.5 Å². The topological polar surface area (TPSA) is 110 Å². The van der Waals surface area contributed by atoms with Gasteiger partial charge in [0.2, 0.25) is 10.0 Å². The van der Waals surface area contributed by atoms with Gasteiger partial charge < -0.3 is 19.7 Å². The van der Waals surface area contributed by atoms with Crippen molar-refractivity contribution in [3.8, 4) is 0 Å². The number of anilines is 2. The molecule has 2 aliphatic heterocycles. The molecule has 1 atom stereocenters. The van der Waals surface area contributed by atoms with Gasteiger partial charge >= 0.3 is 0 Å². The smallest absolute Gasteiger partial charge is 0.255 e. The standard InChI is InChI=1S/C21H26N4O5S/c26-21(24-17-6-7-20(22-14-17)25-8-11-29-12-9-25)16-3-1-5-19(13-16)31(27,28)23-15-18-4-2-10-30-18/h1,3,5-7,13-14,18,23H,2,4,8-12,15H2,(H,24,26). The fourth-order valence-corrected chi connectivity index (χ4v) is 4.65. The maximum absolute atomic E-state index is 12.6. The summed E-state index contributed by atoms with van der Waals surface area (Å²) in [6.45, 7) is 3.77. The van der Waals surface area contributed by atoms with Crippen LogP contribution in [0.25, 0.3) is 0 Å². The van der Waals surface area contributed by atoms with Crippen molar-refractivity contribution in [1.82, 2.24) is 9.71 Å². The molecule has 10 heteroatoms. The van der Waals surface area contributed by atoms with E-state index in [4.69, 9.17) is 9.47 Å². The number of ether oxygens (including phenoxy) is 2. The van der Waals surface area contributed by atoms with Gasteiger partial charge in [0.25, 0.3) is 5.91 Å². The lowest BCUT2D eigenvalue weighted by molar-refractivity contribution is 0.102. The molecule has 1 aromatic carbocycles. The van der Waals surface area contributed by atoms with Gasteiger partial charge in [0.05, 0.1) is 36.1 Å². The van der Waals surface area contributed by atoms with Crippen molar-refractivity contribution in [2.24, 2.45) is 0 Å². The molecule has 166 valence electrons. The third kappa shape index (κ3) is 5.59. The van der Waals surface area contributed by atoms with Crippen molar-refractivity contribution in [1.29, 1.82) is 0 Å². The van der Waals surface area contributed by atoms with Crippen LogP contribution in [0, 0.1) is 0 Å². The molecule has 31 heavy (non-hydrogen) atoms. The van der Waals surface area contributed by atoms with Crippen molar-refractivity contribution >= 4 is 27.4 Å². The Morgan fingerprint density at radius 3 is 2.71 bits per heavy atom. The molecule has 4 rings (SSSR count). The summed E-state index contributed by atoms with van der Waals surface area (Å²) in [5.74, 6) is 0.420. The Bertz CT molecular complexity index is 1000. The summed E-state index contributed by atoms with van der Waals surface area (Å²) < 4.78 is 38.5. The Hall–Kier alpha value is -2.53. The van der Waals surface area contributed by atoms with Crippen molar-refractivity contribution in [2.45, 2.75) is 23.8 Å². The van der Waals surface area contributed by atoms with Crippen LogP contribution in [0.15, 0.2) is 47.5 Å². The van der Waals surface area contributed by atoms with E-state index >= 15 is 0 Å². The van der Waals surface area contributed by atoms with Crippen LogP contribution in [-0.4, -0.2) is 64.9 Å². The lowest BCUT2D eigenvalue weighted by atomic mass is 10.2. The SMILES string of the molecule is O=C(Nc1ccc(N2CCOCC2)nc1)c1cccc(S(=O)(=O)NCC2CCCO2)c1. The first-order valence-electron chi connectivity index (χ1n) is 10.3. The highest BCUT2D eigenvalue weighted by atomic mass is 32.2. The maximum Gasteiger partial charge on any atom is 0.255 e. The Morgan fingerprint density at radius 2 is 2.00 bits per heavy atom. The quantitative estimate of drug-likeness (QED) is 0.665. The van der Waals surface area contributed by atoms with Gasteiger partial charge in [0, 0.05) is 31.8 Å². The molecule has 1 unspecified atom stereocenters. The van der Waals surface area contributed by atoms with E-state index < -0.39 is 15.9 Å². The number of rotatable bonds is 7. The molecular weight excluding hydrogens is 420 g/mol. The van der Waals surface area contributed by atoms with Gasteiger partial charge in [-0.1, -0.05) is 6.07 Å². The van der Waals surface area contributed by atoms with E-state index in [1.807, 2.05) is 6.07 Å². The highest BCUT2D eigenvalue weighted by Gasteiger charge is 2.21. The number of sulfonamides is 1. The third-order valence-electron chi connectivity index (χ3n) is 5.27. The predicted molar refractivity (Wildman–Crippen MR) is 116 cm³/mol. The molecule has 0 radical (unpaired) electrons. The first-order chi connectivity index (χ1) is 15.0. The number of pyridine rings is 1. The van der Waals surface area contributed by atoms with Crippen LogP contribution in [0.3, 0.4) is 0 Å². The summed E-state index contributed by atoms with van der Waals surface area (Å²) >= 11 is 0. The third-order valence-corrected chi connectivity index (χ3v) is 6.69. The minimum Gasteiger partial charge on any atom is -0.378 e. The lowest BCUT2D eigenvalue weighted by Gasteiger charge is -2.27. The molecule has 9 nitrogen and oxygen atoms in total. The number of nitrogens with zero attached hydrogens (tertiary/aromatic N) is 2. The molecule has 0 bridgehead atoms. The van der Waals surface area contributed by atoms with E-state index in [0.29, 0.717) is 25.5 Å². The fourth-order valence-electron chi connectivity index (χ4n) is 3.54. The number of nitrogens with one attached hydrogen (secondary N) is 2. The van der Waals surface area contributed by atoms with E-state index in [-0.39, 0.29) is 23.1 Å². The van der Waals surface area contributed by atoms with Crippen LogP contribution in [0.5, 0.6) is 0 Å². The summed E-state index contributed by atoms with van der Waals surface area (Å²) in [5, 5.41) is 2.76. The van der Waals surface area contributed by atoms with Crippen LogP contribution >= 0.6 is 0 Å². The van der Waals surface area contributed by atoms with Crippen LogP contribution < -0.4 is 14.9 Å². The summed E-state index contributed by atoms with van der Waals surface area (Å²) in [6, 6.07) is 9.57. The highest BCUT2D eigenvalue weighted by molar-refractivity contribution is 7.89. The number of carbonyl (C=O) groups is 1. The Morgan fingerprint density at radius 1 is 1.16 bits per heavy atom. The molecule has 0 saturated carbocycles. The number of amides is 1. The van der Waals surface area contributed by atoms with Gasteiger partial charge in [-0.05, 0) is 43.2 Å². The molecule has 2 saturated heterocycles. The second-order valence-corrected chi connectivity index (χ2v) is 9.24. The molecule has 1 amide bonds. The van der Waals surface area contributed by atoms with Gasteiger partial charge in [-0.25, -0.2) is 18.1 Å². The minimum atomic E-state index is -3.73. The van der Waals surface area contributed by atoms with Crippen LogP contribution in [0.2, 0.25) is 0 Å². The summed E-state index contributed by atoms with van der Waals surface area (Å²) in [4.78, 5) is 19.2. The van der Waals surface area contributed by atoms with Crippen LogP contribution in [0.1, 0.15) is 23.2 Å². The van der Waals surface area contributed by atoms with E-state index in [2.05, 4.69) is 19.9 Å². The van der Waals surface area contributed by atoms with Gasteiger partial charge in [0.1, 0.15) is 5.82 Å².